The Bertz CT molecular complexity index is 1010. The van der Waals surface area contributed by atoms with E-state index in [9.17, 15) is 9.59 Å². The highest BCUT2D eigenvalue weighted by molar-refractivity contribution is 5.76. The molecule has 1 aromatic carbocycles. The summed E-state index contributed by atoms with van der Waals surface area (Å²) in [5.41, 5.74) is 1.52. The highest BCUT2D eigenvalue weighted by atomic mass is 16.2. The molecule has 0 saturated heterocycles. The highest BCUT2D eigenvalue weighted by Crippen LogP contribution is 2.29. The standard InChI is InChI=1S/C21H27N5O2/c1-21(2,3)12-17(15-8-6-5-7-9-15)24-18(27)10-11-26-14-22-19-16(20(26)28)13-23-25(19)4/h5-9,13-14,17H,10-12H2,1-4H3,(H,24,27). The van der Waals surface area contributed by atoms with Gasteiger partial charge < -0.3 is 5.32 Å². The second kappa shape index (κ2) is 7.96. The van der Waals surface area contributed by atoms with Gasteiger partial charge in [0.05, 0.1) is 18.6 Å². The first kappa shape index (κ1) is 19.8. The van der Waals surface area contributed by atoms with Crippen molar-refractivity contribution >= 4 is 16.9 Å². The molecule has 1 unspecified atom stereocenters. The van der Waals surface area contributed by atoms with E-state index in [0.717, 1.165) is 12.0 Å². The minimum absolute atomic E-state index is 0.0654. The predicted octanol–water partition coefficient (Wildman–Crippen LogP) is 2.81. The van der Waals surface area contributed by atoms with Crippen LogP contribution in [0.4, 0.5) is 0 Å². The Kier molecular flexibility index (Phi) is 5.63. The van der Waals surface area contributed by atoms with Crippen molar-refractivity contribution in [3.8, 4) is 0 Å². The van der Waals surface area contributed by atoms with Crippen molar-refractivity contribution in [1.82, 2.24) is 24.6 Å². The normalized spacial score (nSPS) is 12.9. The Morgan fingerprint density at radius 2 is 1.93 bits per heavy atom. The summed E-state index contributed by atoms with van der Waals surface area (Å²) in [6.07, 6.45) is 4.02. The van der Waals surface area contributed by atoms with Gasteiger partial charge in [-0.05, 0) is 17.4 Å². The van der Waals surface area contributed by atoms with Crippen LogP contribution in [-0.4, -0.2) is 25.2 Å². The maximum Gasteiger partial charge on any atom is 0.264 e. The number of aromatic nitrogens is 4. The fourth-order valence-corrected chi connectivity index (χ4v) is 3.26. The number of aryl methyl sites for hydroxylation is 2. The van der Waals surface area contributed by atoms with Crippen molar-refractivity contribution in [1.29, 1.82) is 0 Å². The van der Waals surface area contributed by atoms with Gasteiger partial charge in [0, 0.05) is 20.0 Å². The summed E-state index contributed by atoms with van der Waals surface area (Å²) < 4.78 is 3.02. The number of nitrogens with zero attached hydrogens (tertiary/aromatic N) is 4. The number of nitrogens with one attached hydrogen (secondary N) is 1. The highest BCUT2D eigenvalue weighted by Gasteiger charge is 2.22. The molecule has 0 aliphatic heterocycles. The van der Waals surface area contributed by atoms with E-state index in [1.165, 1.54) is 17.1 Å². The molecular weight excluding hydrogens is 354 g/mol. The molecule has 148 valence electrons. The zero-order valence-corrected chi connectivity index (χ0v) is 16.8. The third-order valence-electron chi connectivity index (χ3n) is 4.65. The molecule has 1 atom stereocenters. The molecule has 3 aromatic rings. The van der Waals surface area contributed by atoms with Crippen molar-refractivity contribution in [3.63, 3.8) is 0 Å². The van der Waals surface area contributed by atoms with Gasteiger partial charge in [0.25, 0.3) is 5.56 Å². The maximum atomic E-state index is 12.6. The van der Waals surface area contributed by atoms with E-state index in [4.69, 9.17) is 0 Å². The first-order chi connectivity index (χ1) is 13.2. The smallest absolute Gasteiger partial charge is 0.264 e. The summed E-state index contributed by atoms with van der Waals surface area (Å²) in [5, 5.41) is 7.65. The third-order valence-corrected chi connectivity index (χ3v) is 4.65. The Hall–Kier alpha value is -2.96. The van der Waals surface area contributed by atoms with E-state index >= 15 is 0 Å². The Balaban J connectivity index is 1.70. The van der Waals surface area contributed by atoms with E-state index in [1.54, 1.807) is 11.7 Å². The van der Waals surface area contributed by atoms with Crippen LogP contribution in [-0.2, 0) is 18.4 Å². The summed E-state index contributed by atoms with van der Waals surface area (Å²) in [5.74, 6) is -0.0868. The van der Waals surface area contributed by atoms with Crippen LogP contribution in [0.3, 0.4) is 0 Å². The van der Waals surface area contributed by atoms with Crippen molar-refractivity contribution < 1.29 is 4.79 Å². The number of rotatable bonds is 6. The zero-order chi connectivity index (χ0) is 20.3. The van der Waals surface area contributed by atoms with Gasteiger partial charge in [-0.2, -0.15) is 5.10 Å². The average Bonchev–Trinajstić information content (AvgIpc) is 3.02. The van der Waals surface area contributed by atoms with Gasteiger partial charge in [-0.15, -0.1) is 0 Å². The molecule has 7 heteroatoms. The Morgan fingerprint density at radius 3 is 2.61 bits per heavy atom. The molecule has 1 N–H and O–H groups in total. The minimum Gasteiger partial charge on any atom is -0.349 e. The van der Waals surface area contributed by atoms with Gasteiger partial charge in [0.15, 0.2) is 5.65 Å². The lowest BCUT2D eigenvalue weighted by molar-refractivity contribution is -0.122. The van der Waals surface area contributed by atoms with Crippen LogP contribution < -0.4 is 10.9 Å². The Morgan fingerprint density at radius 1 is 1.21 bits per heavy atom. The lowest BCUT2D eigenvalue weighted by atomic mass is 9.85. The fourth-order valence-electron chi connectivity index (χ4n) is 3.26. The first-order valence-corrected chi connectivity index (χ1v) is 9.46. The molecule has 2 heterocycles. The number of hydrogen-bond acceptors (Lipinski definition) is 4. The molecule has 28 heavy (non-hydrogen) atoms. The van der Waals surface area contributed by atoms with Crippen LogP contribution in [0.1, 0.15) is 45.2 Å². The quantitative estimate of drug-likeness (QED) is 0.712. The summed E-state index contributed by atoms with van der Waals surface area (Å²) >= 11 is 0. The van der Waals surface area contributed by atoms with Gasteiger partial charge in [-0.25, -0.2) is 4.98 Å². The Labute approximate surface area is 164 Å². The number of carbonyl (C=O) groups excluding carboxylic acids is 1. The fraction of sp³-hybridized carbons (Fsp3) is 0.429. The molecule has 7 nitrogen and oxygen atoms in total. The first-order valence-electron chi connectivity index (χ1n) is 9.46. The van der Waals surface area contributed by atoms with E-state index in [2.05, 4.69) is 36.2 Å². The second-order valence-corrected chi connectivity index (χ2v) is 8.29. The second-order valence-electron chi connectivity index (χ2n) is 8.29. The number of amides is 1. The monoisotopic (exact) mass is 381 g/mol. The lowest BCUT2D eigenvalue weighted by Crippen LogP contribution is -2.32. The van der Waals surface area contributed by atoms with Crippen LogP contribution in [0.5, 0.6) is 0 Å². The topological polar surface area (TPSA) is 81.8 Å². The maximum absolute atomic E-state index is 12.6. The number of carbonyl (C=O) groups is 1. The SMILES string of the molecule is Cn1ncc2c(=O)n(CCC(=O)NC(CC(C)(C)C)c3ccccc3)cnc21. The van der Waals surface area contributed by atoms with Crippen LogP contribution >= 0.6 is 0 Å². The van der Waals surface area contributed by atoms with Crippen LogP contribution in [0.2, 0.25) is 0 Å². The van der Waals surface area contributed by atoms with Gasteiger partial charge in [0.1, 0.15) is 5.39 Å². The van der Waals surface area contributed by atoms with E-state index in [-0.39, 0.29) is 35.9 Å². The molecule has 1 amide bonds. The van der Waals surface area contributed by atoms with Crippen LogP contribution in [0.25, 0.3) is 11.0 Å². The van der Waals surface area contributed by atoms with E-state index < -0.39 is 0 Å². The predicted molar refractivity (Wildman–Crippen MR) is 109 cm³/mol. The van der Waals surface area contributed by atoms with Crippen molar-refractivity contribution in [2.24, 2.45) is 12.5 Å². The van der Waals surface area contributed by atoms with E-state index in [1.807, 2.05) is 30.3 Å². The van der Waals surface area contributed by atoms with Gasteiger partial charge >= 0.3 is 0 Å². The lowest BCUT2D eigenvalue weighted by Gasteiger charge is -2.27. The molecule has 3 rings (SSSR count). The molecule has 0 radical (unpaired) electrons. The molecule has 0 aliphatic rings. The summed E-state index contributed by atoms with van der Waals surface area (Å²) in [6.45, 7) is 6.75. The van der Waals surface area contributed by atoms with Crippen molar-refractivity contribution in [3.05, 3.63) is 58.8 Å². The number of fused-ring (bicyclic) bond motifs is 1. The molecule has 0 fully saturated rings. The molecule has 0 saturated carbocycles. The minimum atomic E-state index is -0.180. The largest absolute Gasteiger partial charge is 0.349 e. The number of benzene rings is 1. The van der Waals surface area contributed by atoms with Gasteiger partial charge in [0.2, 0.25) is 5.91 Å². The van der Waals surface area contributed by atoms with Crippen LogP contribution in [0.15, 0.2) is 47.7 Å². The molecule has 0 bridgehead atoms. The van der Waals surface area contributed by atoms with Gasteiger partial charge in [-0.3, -0.25) is 18.8 Å². The third kappa shape index (κ3) is 4.65. The zero-order valence-electron chi connectivity index (χ0n) is 16.8. The molecular formula is C21H27N5O2. The average molecular weight is 381 g/mol. The number of hydrogen-bond donors (Lipinski definition) is 1. The molecule has 2 aromatic heterocycles. The van der Waals surface area contributed by atoms with Crippen LogP contribution in [0, 0.1) is 5.41 Å². The van der Waals surface area contributed by atoms with E-state index in [0.29, 0.717) is 11.0 Å². The van der Waals surface area contributed by atoms with Gasteiger partial charge in [-0.1, -0.05) is 51.1 Å². The summed E-state index contributed by atoms with van der Waals surface area (Å²) in [4.78, 5) is 29.4. The molecule has 0 spiro atoms. The summed E-state index contributed by atoms with van der Waals surface area (Å²) in [7, 11) is 1.74. The molecule has 0 aliphatic carbocycles. The van der Waals surface area contributed by atoms with Crippen molar-refractivity contribution in [2.45, 2.75) is 46.2 Å². The summed E-state index contributed by atoms with van der Waals surface area (Å²) in [6, 6.07) is 9.91. The van der Waals surface area contributed by atoms with Crippen molar-refractivity contribution in [2.75, 3.05) is 0 Å².